The van der Waals surface area contributed by atoms with Gasteiger partial charge in [-0.15, -0.1) is 0 Å². The summed E-state index contributed by atoms with van der Waals surface area (Å²) in [5.74, 6) is 0.185. The zero-order valence-corrected chi connectivity index (χ0v) is 17.1. The van der Waals surface area contributed by atoms with Gasteiger partial charge in [0.15, 0.2) is 5.78 Å². The highest BCUT2D eigenvalue weighted by molar-refractivity contribution is 5.89. The number of ketones is 1. The lowest BCUT2D eigenvalue weighted by atomic mass is 9.95. The second kappa shape index (κ2) is 9.09. The van der Waals surface area contributed by atoms with Gasteiger partial charge in [0.2, 0.25) is 0 Å². The SMILES string of the molecule is CC(C)OCc1ccc([C@H](C(=O)Cc2ccc3cnccc3c2)N(C)C)cc1. The van der Waals surface area contributed by atoms with E-state index in [0.717, 1.165) is 27.5 Å². The van der Waals surface area contributed by atoms with Crippen molar-refractivity contribution in [2.45, 2.75) is 39.0 Å². The Bertz CT molecular complexity index is 933. The molecule has 1 atom stereocenters. The first-order valence-corrected chi connectivity index (χ1v) is 9.66. The molecule has 0 aliphatic carbocycles. The minimum absolute atomic E-state index is 0.185. The van der Waals surface area contributed by atoms with Crippen molar-refractivity contribution in [2.24, 2.45) is 0 Å². The minimum Gasteiger partial charge on any atom is -0.374 e. The molecule has 3 rings (SSSR count). The van der Waals surface area contributed by atoms with Crippen LogP contribution in [0.3, 0.4) is 0 Å². The number of nitrogens with zero attached hydrogens (tertiary/aromatic N) is 2. The predicted octanol–water partition coefficient (Wildman–Crippen LogP) is 4.57. The fourth-order valence-corrected chi connectivity index (χ4v) is 3.37. The van der Waals surface area contributed by atoms with Crippen LogP contribution >= 0.6 is 0 Å². The summed E-state index contributed by atoms with van der Waals surface area (Å²) >= 11 is 0. The number of carbonyl (C=O) groups is 1. The van der Waals surface area contributed by atoms with Gasteiger partial charge >= 0.3 is 0 Å². The monoisotopic (exact) mass is 376 g/mol. The molecule has 0 aliphatic rings. The Hall–Kier alpha value is -2.56. The third kappa shape index (κ3) is 5.03. The predicted molar refractivity (Wildman–Crippen MR) is 113 cm³/mol. The summed E-state index contributed by atoms with van der Waals surface area (Å²) in [4.78, 5) is 19.2. The summed E-state index contributed by atoms with van der Waals surface area (Å²) in [6, 6.07) is 16.0. The maximum Gasteiger partial charge on any atom is 0.158 e. The standard InChI is InChI=1S/C24H28N2O2/c1-17(2)28-16-18-5-8-20(9-6-18)24(26(3)4)23(27)14-19-7-10-22-15-25-12-11-21(22)13-19/h5-13,15,17,24H,14,16H2,1-4H3/t24-/m1/s1. The van der Waals surface area contributed by atoms with E-state index in [4.69, 9.17) is 4.74 Å². The number of aromatic nitrogens is 1. The number of carbonyl (C=O) groups excluding carboxylic acids is 1. The van der Waals surface area contributed by atoms with Gasteiger partial charge < -0.3 is 4.74 Å². The summed E-state index contributed by atoms with van der Waals surface area (Å²) in [7, 11) is 3.90. The molecule has 1 heterocycles. The molecule has 0 N–H and O–H groups in total. The van der Waals surface area contributed by atoms with Crippen LogP contribution in [0.4, 0.5) is 0 Å². The molecule has 1 aromatic heterocycles. The lowest BCUT2D eigenvalue weighted by Crippen LogP contribution is -2.29. The summed E-state index contributed by atoms with van der Waals surface area (Å²) < 4.78 is 5.66. The van der Waals surface area contributed by atoms with Crippen LogP contribution in [0.5, 0.6) is 0 Å². The molecular formula is C24H28N2O2. The molecule has 4 heteroatoms. The Morgan fingerprint density at radius 1 is 1.00 bits per heavy atom. The summed E-state index contributed by atoms with van der Waals surface area (Å²) in [6.07, 6.45) is 4.22. The molecule has 0 saturated heterocycles. The molecule has 4 nitrogen and oxygen atoms in total. The van der Waals surface area contributed by atoms with Crippen LogP contribution in [0.1, 0.15) is 36.6 Å². The Morgan fingerprint density at radius 3 is 2.39 bits per heavy atom. The number of hydrogen-bond acceptors (Lipinski definition) is 4. The van der Waals surface area contributed by atoms with E-state index in [2.05, 4.69) is 11.1 Å². The van der Waals surface area contributed by atoms with Crippen molar-refractivity contribution < 1.29 is 9.53 Å². The third-order valence-electron chi connectivity index (χ3n) is 4.78. The molecule has 28 heavy (non-hydrogen) atoms. The van der Waals surface area contributed by atoms with E-state index in [0.29, 0.717) is 13.0 Å². The van der Waals surface area contributed by atoms with E-state index in [-0.39, 0.29) is 17.9 Å². The van der Waals surface area contributed by atoms with E-state index < -0.39 is 0 Å². The molecule has 0 amide bonds. The molecule has 0 spiro atoms. The van der Waals surface area contributed by atoms with Crippen molar-refractivity contribution in [2.75, 3.05) is 14.1 Å². The highest BCUT2D eigenvalue weighted by Gasteiger charge is 2.23. The van der Waals surface area contributed by atoms with Gasteiger partial charge in [-0.1, -0.05) is 42.5 Å². The highest BCUT2D eigenvalue weighted by atomic mass is 16.5. The molecule has 0 unspecified atom stereocenters. The molecule has 0 aliphatic heterocycles. The number of benzene rings is 2. The lowest BCUT2D eigenvalue weighted by molar-refractivity contribution is -0.123. The van der Waals surface area contributed by atoms with Crippen molar-refractivity contribution in [3.63, 3.8) is 0 Å². The van der Waals surface area contributed by atoms with E-state index in [1.165, 1.54) is 0 Å². The largest absolute Gasteiger partial charge is 0.374 e. The van der Waals surface area contributed by atoms with Gasteiger partial charge in [-0.05, 0) is 56.1 Å². The number of hydrogen-bond donors (Lipinski definition) is 0. The molecule has 0 bridgehead atoms. The topological polar surface area (TPSA) is 42.4 Å². The van der Waals surface area contributed by atoms with E-state index in [1.54, 1.807) is 6.20 Å². The van der Waals surface area contributed by atoms with Gasteiger partial charge in [0.25, 0.3) is 0 Å². The van der Waals surface area contributed by atoms with Crippen LogP contribution in [0.2, 0.25) is 0 Å². The first-order chi connectivity index (χ1) is 13.4. The molecule has 2 aromatic carbocycles. The van der Waals surface area contributed by atoms with Crippen LogP contribution in [0, 0.1) is 0 Å². The Kier molecular flexibility index (Phi) is 6.55. The number of fused-ring (bicyclic) bond motifs is 1. The zero-order chi connectivity index (χ0) is 20.1. The van der Waals surface area contributed by atoms with Crippen molar-refractivity contribution in [3.8, 4) is 0 Å². The lowest BCUT2D eigenvalue weighted by Gasteiger charge is -2.24. The average molecular weight is 377 g/mol. The normalized spacial score (nSPS) is 12.6. The van der Waals surface area contributed by atoms with E-state index in [1.807, 2.05) is 81.5 Å². The van der Waals surface area contributed by atoms with Gasteiger partial charge in [0.1, 0.15) is 0 Å². The van der Waals surface area contributed by atoms with Gasteiger partial charge in [-0.2, -0.15) is 0 Å². The molecular weight excluding hydrogens is 348 g/mol. The quantitative estimate of drug-likeness (QED) is 0.577. The number of pyridine rings is 1. The summed E-state index contributed by atoms with van der Waals surface area (Å²) in [5.41, 5.74) is 3.15. The molecule has 0 saturated carbocycles. The number of Topliss-reactive ketones (excluding diaryl/α,β-unsaturated/α-hetero) is 1. The Labute approximate surface area is 167 Å². The van der Waals surface area contributed by atoms with Gasteiger partial charge in [-0.25, -0.2) is 0 Å². The molecule has 146 valence electrons. The van der Waals surface area contributed by atoms with Crippen LogP contribution < -0.4 is 0 Å². The highest BCUT2D eigenvalue weighted by Crippen LogP contribution is 2.23. The molecule has 3 aromatic rings. The maximum absolute atomic E-state index is 13.1. The second-order valence-corrected chi connectivity index (χ2v) is 7.67. The average Bonchev–Trinajstić information content (AvgIpc) is 2.67. The number of likely N-dealkylation sites (N-methyl/N-ethyl adjacent to an activating group) is 1. The first kappa shape index (κ1) is 20.2. The van der Waals surface area contributed by atoms with Crippen molar-refractivity contribution in [1.82, 2.24) is 9.88 Å². The van der Waals surface area contributed by atoms with Gasteiger partial charge in [0, 0.05) is 24.2 Å². The molecule has 0 radical (unpaired) electrons. The Balaban J connectivity index is 1.76. The zero-order valence-electron chi connectivity index (χ0n) is 17.1. The third-order valence-corrected chi connectivity index (χ3v) is 4.78. The van der Waals surface area contributed by atoms with Crippen LogP contribution in [-0.4, -0.2) is 35.9 Å². The maximum atomic E-state index is 13.1. The first-order valence-electron chi connectivity index (χ1n) is 9.66. The van der Waals surface area contributed by atoms with Crippen LogP contribution in [-0.2, 0) is 22.6 Å². The summed E-state index contributed by atoms with van der Waals surface area (Å²) in [5, 5.41) is 2.19. The van der Waals surface area contributed by atoms with Gasteiger partial charge in [-0.3, -0.25) is 14.7 Å². The second-order valence-electron chi connectivity index (χ2n) is 7.67. The Morgan fingerprint density at radius 2 is 1.71 bits per heavy atom. The van der Waals surface area contributed by atoms with Crippen molar-refractivity contribution in [1.29, 1.82) is 0 Å². The number of ether oxygens (including phenoxy) is 1. The summed E-state index contributed by atoms with van der Waals surface area (Å²) in [6.45, 7) is 4.64. The van der Waals surface area contributed by atoms with E-state index in [9.17, 15) is 4.79 Å². The van der Waals surface area contributed by atoms with Crippen LogP contribution in [0.15, 0.2) is 60.9 Å². The molecule has 0 fully saturated rings. The van der Waals surface area contributed by atoms with Crippen molar-refractivity contribution in [3.05, 3.63) is 77.6 Å². The van der Waals surface area contributed by atoms with Crippen LogP contribution in [0.25, 0.3) is 10.8 Å². The van der Waals surface area contributed by atoms with E-state index >= 15 is 0 Å². The fourth-order valence-electron chi connectivity index (χ4n) is 3.37. The minimum atomic E-state index is -0.270. The van der Waals surface area contributed by atoms with Crippen molar-refractivity contribution >= 4 is 16.6 Å². The fraction of sp³-hybridized carbons (Fsp3) is 0.333. The number of rotatable bonds is 8. The van der Waals surface area contributed by atoms with Gasteiger partial charge in [0.05, 0.1) is 18.8 Å². The smallest absolute Gasteiger partial charge is 0.158 e.